The molecule has 0 aliphatic carbocycles. The fourth-order valence-corrected chi connectivity index (χ4v) is 4.38. The average Bonchev–Trinajstić information content (AvgIpc) is 2.68. The van der Waals surface area contributed by atoms with Crippen molar-refractivity contribution in [2.24, 2.45) is 4.36 Å². The number of hydrogen-bond acceptors (Lipinski definition) is 6. The first kappa shape index (κ1) is 22.3. The van der Waals surface area contributed by atoms with E-state index in [0.717, 1.165) is 6.20 Å². The molecule has 1 aromatic carbocycles. The minimum atomic E-state index is -2.72. The summed E-state index contributed by atoms with van der Waals surface area (Å²) < 4.78 is 49.2. The van der Waals surface area contributed by atoms with Crippen LogP contribution >= 0.6 is 0 Å². The molecule has 0 bridgehead atoms. The van der Waals surface area contributed by atoms with Gasteiger partial charge in [-0.3, -0.25) is 4.79 Å². The molecule has 2 aromatic heterocycles. The van der Waals surface area contributed by atoms with Gasteiger partial charge in [-0.2, -0.15) is 4.36 Å². The van der Waals surface area contributed by atoms with E-state index in [1.54, 1.807) is 12.1 Å². The van der Waals surface area contributed by atoms with Gasteiger partial charge in [0.25, 0.3) is 5.91 Å². The second kappa shape index (κ2) is 9.17. The minimum Gasteiger partial charge on any atom is -0.496 e. The summed E-state index contributed by atoms with van der Waals surface area (Å²) in [5, 5.41) is 2.96. The molecule has 0 aliphatic heterocycles. The molecular formula is C21H20F2N4O3S. The van der Waals surface area contributed by atoms with Gasteiger partial charge in [-0.1, -0.05) is 0 Å². The van der Waals surface area contributed by atoms with E-state index in [9.17, 15) is 17.8 Å². The number of pyridine rings is 2. The molecule has 1 N–H and O–H groups in total. The Labute approximate surface area is 178 Å². The average molecular weight is 446 g/mol. The van der Waals surface area contributed by atoms with Crippen LogP contribution in [0.1, 0.15) is 12.5 Å². The Balaban J connectivity index is 1.91. The molecule has 162 valence electrons. The molecule has 0 spiro atoms. The van der Waals surface area contributed by atoms with Crippen LogP contribution in [0.3, 0.4) is 0 Å². The van der Waals surface area contributed by atoms with Gasteiger partial charge in [0.1, 0.15) is 29.0 Å². The lowest BCUT2D eigenvalue weighted by Gasteiger charge is -2.12. The Hall–Kier alpha value is -3.40. The van der Waals surface area contributed by atoms with Crippen molar-refractivity contribution in [3.63, 3.8) is 0 Å². The Morgan fingerprint density at radius 3 is 2.58 bits per heavy atom. The monoisotopic (exact) mass is 446 g/mol. The highest BCUT2D eigenvalue weighted by atomic mass is 32.2. The van der Waals surface area contributed by atoms with Gasteiger partial charge >= 0.3 is 0 Å². The second-order valence-corrected chi connectivity index (χ2v) is 9.17. The Morgan fingerprint density at radius 2 is 1.87 bits per heavy atom. The van der Waals surface area contributed by atoms with E-state index < -0.39 is 27.3 Å². The molecule has 10 heteroatoms. The molecule has 31 heavy (non-hydrogen) atoms. The summed E-state index contributed by atoms with van der Waals surface area (Å²) in [6.45, 7) is 1.25. The predicted octanol–water partition coefficient (Wildman–Crippen LogP) is 4.32. The number of methoxy groups -OCH3 is 1. The Morgan fingerprint density at radius 1 is 1.13 bits per heavy atom. The lowest BCUT2D eigenvalue weighted by atomic mass is 10.0. The van der Waals surface area contributed by atoms with Crippen LogP contribution in [0.4, 0.5) is 20.4 Å². The maximum atomic E-state index is 14.4. The highest BCUT2D eigenvalue weighted by molar-refractivity contribution is 7.92. The normalized spacial score (nSPS) is 12.7. The standard InChI is InChI=1S/C21H20F2N4O3S/c1-13(28)27-31(3,29)12-14-6-7-24-20(8-14)26-21-10-17(18(23)11-25-21)16-5-4-15(22)9-19(16)30-2/h4-11H,12H2,1-3H3,(H,24,25,26). The zero-order chi connectivity index (χ0) is 22.6. The number of carbonyl (C=O) groups excluding carboxylic acids is 1. The summed E-state index contributed by atoms with van der Waals surface area (Å²) in [5.41, 5.74) is 1.19. The van der Waals surface area contributed by atoms with Crippen LogP contribution in [0.5, 0.6) is 5.75 Å². The second-order valence-electron chi connectivity index (χ2n) is 6.78. The SMILES string of the molecule is COc1cc(F)ccc1-c1cc(Nc2cc(CS(C)(=O)=NC(C)=O)ccn2)ncc1F. The molecule has 1 amide bonds. The van der Waals surface area contributed by atoms with Crippen LogP contribution in [0.25, 0.3) is 11.1 Å². The third-order valence-corrected chi connectivity index (χ3v) is 5.66. The number of ether oxygens (including phenoxy) is 1. The molecular weight excluding hydrogens is 426 g/mol. The minimum absolute atomic E-state index is 0.0681. The molecule has 0 fully saturated rings. The number of nitrogens with zero attached hydrogens (tertiary/aromatic N) is 3. The zero-order valence-corrected chi connectivity index (χ0v) is 17.9. The molecule has 3 rings (SSSR count). The maximum Gasteiger partial charge on any atom is 0.250 e. The number of rotatable bonds is 6. The van der Waals surface area contributed by atoms with Crippen LogP contribution in [-0.4, -0.2) is 33.4 Å². The van der Waals surface area contributed by atoms with Crippen molar-refractivity contribution >= 4 is 27.3 Å². The van der Waals surface area contributed by atoms with Crippen molar-refractivity contribution in [2.45, 2.75) is 12.7 Å². The van der Waals surface area contributed by atoms with Crippen molar-refractivity contribution in [3.8, 4) is 16.9 Å². The molecule has 0 aliphatic rings. The smallest absolute Gasteiger partial charge is 0.250 e. The number of hydrogen-bond donors (Lipinski definition) is 1. The van der Waals surface area contributed by atoms with Gasteiger partial charge in [0.15, 0.2) is 0 Å². The maximum absolute atomic E-state index is 14.4. The van der Waals surface area contributed by atoms with Crippen molar-refractivity contribution in [3.05, 3.63) is 66.0 Å². The molecule has 0 saturated heterocycles. The van der Waals surface area contributed by atoms with Gasteiger partial charge in [0.2, 0.25) is 0 Å². The summed E-state index contributed by atoms with van der Waals surface area (Å²) in [6.07, 6.45) is 3.95. The number of benzene rings is 1. The Bertz CT molecular complexity index is 1260. The van der Waals surface area contributed by atoms with Gasteiger partial charge in [-0.15, -0.1) is 0 Å². The van der Waals surface area contributed by atoms with Gasteiger partial charge in [-0.25, -0.2) is 23.0 Å². The van der Waals surface area contributed by atoms with Gasteiger partial charge < -0.3 is 10.1 Å². The number of carbonyl (C=O) groups is 1. The van der Waals surface area contributed by atoms with Crippen molar-refractivity contribution in [1.29, 1.82) is 0 Å². The fraction of sp³-hybridized carbons (Fsp3) is 0.190. The Kier molecular flexibility index (Phi) is 6.59. The lowest BCUT2D eigenvalue weighted by Crippen LogP contribution is -2.05. The highest BCUT2D eigenvalue weighted by Crippen LogP contribution is 2.33. The number of halogens is 2. The van der Waals surface area contributed by atoms with Crippen LogP contribution < -0.4 is 10.1 Å². The first-order valence-electron chi connectivity index (χ1n) is 9.08. The summed E-state index contributed by atoms with van der Waals surface area (Å²) in [7, 11) is -1.35. The topological polar surface area (TPSA) is 93.5 Å². The molecule has 3 aromatic rings. The number of nitrogens with one attached hydrogen (secondary N) is 1. The number of anilines is 2. The molecule has 2 heterocycles. The quantitative estimate of drug-likeness (QED) is 0.606. The molecule has 7 nitrogen and oxygen atoms in total. The highest BCUT2D eigenvalue weighted by Gasteiger charge is 2.14. The van der Waals surface area contributed by atoms with Crippen molar-refractivity contribution < 1.29 is 22.5 Å². The van der Waals surface area contributed by atoms with Crippen LogP contribution in [0.15, 0.2) is 53.2 Å². The lowest BCUT2D eigenvalue weighted by molar-refractivity contribution is -0.115. The summed E-state index contributed by atoms with van der Waals surface area (Å²) >= 11 is 0. The van der Waals surface area contributed by atoms with Gasteiger partial charge in [0.05, 0.1) is 28.8 Å². The molecule has 0 radical (unpaired) electrons. The third kappa shape index (κ3) is 5.82. The van der Waals surface area contributed by atoms with Crippen LogP contribution in [0.2, 0.25) is 0 Å². The van der Waals surface area contributed by atoms with Crippen LogP contribution in [0, 0.1) is 11.6 Å². The summed E-state index contributed by atoms with van der Waals surface area (Å²) in [5.74, 6) is -0.683. The van der Waals surface area contributed by atoms with E-state index in [1.807, 2.05) is 0 Å². The van der Waals surface area contributed by atoms with Crippen molar-refractivity contribution in [1.82, 2.24) is 9.97 Å². The number of aromatic nitrogens is 2. The van der Waals surface area contributed by atoms with Gasteiger partial charge in [0, 0.05) is 36.6 Å². The van der Waals surface area contributed by atoms with E-state index in [1.165, 1.54) is 50.8 Å². The predicted molar refractivity (Wildman–Crippen MR) is 115 cm³/mol. The first-order chi connectivity index (χ1) is 14.7. The molecule has 1 atom stereocenters. The van der Waals surface area contributed by atoms with Crippen molar-refractivity contribution in [2.75, 3.05) is 18.7 Å². The van der Waals surface area contributed by atoms with E-state index in [0.29, 0.717) is 16.9 Å². The first-order valence-corrected chi connectivity index (χ1v) is 11.2. The van der Waals surface area contributed by atoms with E-state index in [-0.39, 0.29) is 22.9 Å². The van der Waals surface area contributed by atoms with E-state index in [4.69, 9.17) is 4.74 Å². The fourth-order valence-electron chi connectivity index (χ4n) is 2.98. The van der Waals surface area contributed by atoms with E-state index >= 15 is 0 Å². The molecule has 1 unspecified atom stereocenters. The van der Waals surface area contributed by atoms with Crippen LogP contribution in [-0.2, 0) is 20.3 Å². The van der Waals surface area contributed by atoms with Gasteiger partial charge in [-0.05, 0) is 35.9 Å². The summed E-state index contributed by atoms with van der Waals surface area (Å²) in [6, 6.07) is 8.56. The zero-order valence-electron chi connectivity index (χ0n) is 17.1. The number of amides is 1. The summed E-state index contributed by atoms with van der Waals surface area (Å²) in [4.78, 5) is 19.4. The molecule has 0 saturated carbocycles. The largest absolute Gasteiger partial charge is 0.496 e. The van der Waals surface area contributed by atoms with E-state index in [2.05, 4.69) is 19.6 Å². The third-order valence-electron chi connectivity index (χ3n) is 4.15.